The van der Waals surface area contributed by atoms with Crippen LogP contribution in [0.4, 0.5) is 5.82 Å². The number of hydrogen-bond donors (Lipinski definition) is 2. The summed E-state index contributed by atoms with van der Waals surface area (Å²) >= 11 is 0. The summed E-state index contributed by atoms with van der Waals surface area (Å²) in [6, 6.07) is 0.00991. The first-order valence-corrected chi connectivity index (χ1v) is 5.38. The molecule has 1 atom stereocenters. The van der Waals surface area contributed by atoms with Crippen molar-refractivity contribution in [3.63, 3.8) is 0 Å². The van der Waals surface area contributed by atoms with Gasteiger partial charge in [0.15, 0.2) is 5.82 Å². The Hall–Kier alpha value is -1.73. The topological polar surface area (TPSA) is 90.4 Å². The van der Waals surface area contributed by atoms with Gasteiger partial charge in [0.05, 0.1) is 12.6 Å². The van der Waals surface area contributed by atoms with Crippen LogP contribution < -0.4 is 11.1 Å². The molecule has 0 amide bonds. The molecule has 7 heteroatoms. The van der Waals surface area contributed by atoms with E-state index in [0.717, 1.165) is 5.82 Å². The quantitative estimate of drug-likeness (QED) is 0.748. The fraction of sp³-hybridized carbons (Fsp3) is 0.500. The number of ether oxygens (including phenoxy) is 1. The van der Waals surface area contributed by atoms with Crippen LogP contribution >= 0.6 is 0 Å². The van der Waals surface area contributed by atoms with Crippen LogP contribution in [-0.4, -0.2) is 45.9 Å². The maximum Gasteiger partial charge on any atom is 0.203 e. The molecule has 0 spiro atoms. The van der Waals surface area contributed by atoms with Gasteiger partial charge < -0.3 is 15.8 Å². The summed E-state index contributed by atoms with van der Waals surface area (Å²) < 4.78 is 6.94. The van der Waals surface area contributed by atoms with Crippen LogP contribution in [0, 0.1) is 6.92 Å². The van der Waals surface area contributed by atoms with Crippen molar-refractivity contribution in [2.75, 3.05) is 25.6 Å². The van der Waals surface area contributed by atoms with E-state index in [0.29, 0.717) is 24.6 Å². The van der Waals surface area contributed by atoms with Crippen molar-refractivity contribution in [3.8, 4) is 0 Å². The number of methoxy groups -OCH3 is 1. The zero-order chi connectivity index (χ0) is 12.3. The molecule has 0 saturated carbocycles. The van der Waals surface area contributed by atoms with Crippen molar-refractivity contribution in [1.82, 2.24) is 19.6 Å². The molecule has 2 rings (SSSR count). The number of fused-ring (bicyclic) bond motifs is 1. The number of nitrogens with zero attached hydrogens (tertiary/aromatic N) is 4. The SMILES string of the molecule is COCC(CN)Nc1nccn2c(C)nnc12. The van der Waals surface area contributed by atoms with Gasteiger partial charge in [-0.05, 0) is 6.92 Å². The van der Waals surface area contributed by atoms with E-state index in [4.69, 9.17) is 10.5 Å². The summed E-state index contributed by atoms with van der Waals surface area (Å²) in [5.74, 6) is 1.49. The third-order valence-electron chi connectivity index (χ3n) is 2.49. The number of nitrogens with two attached hydrogens (primary N) is 1. The second-order valence-corrected chi connectivity index (χ2v) is 3.75. The van der Waals surface area contributed by atoms with Crippen LogP contribution in [0.15, 0.2) is 12.4 Å². The molecule has 2 aromatic rings. The average molecular weight is 236 g/mol. The summed E-state index contributed by atoms with van der Waals surface area (Å²) in [6.45, 7) is 2.87. The Morgan fingerprint density at radius 3 is 3.06 bits per heavy atom. The maximum absolute atomic E-state index is 5.64. The van der Waals surface area contributed by atoms with Gasteiger partial charge in [0, 0.05) is 26.0 Å². The van der Waals surface area contributed by atoms with Crippen molar-refractivity contribution in [2.24, 2.45) is 5.73 Å². The van der Waals surface area contributed by atoms with Gasteiger partial charge in [0.1, 0.15) is 5.82 Å². The molecule has 2 aromatic heterocycles. The average Bonchev–Trinajstić information content (AvgIpc) is 2.72. The van der Waals surface area contributed by atoms with Gasteiger partial charge in [0.2, 0.25) is 5.65 Å². The second kappa shape index (κ2) is 5.07. The highest BCUT2D eigenvalue weighted by molar-refractivity contribution is 5.62. The Labute approximate surface area is 99.0 Å². The Bertz CT molecular complexity index is 497. The number of hydrogen-bond acceptors (Lipinski definition) is 6. The summed E-state index contributed by atoms with van der Waals surface area (Å²) in [5, 5.41) is 11.3. The fourth-order valence-electron chi connectivity index (χ4n) is 1.61. The number of anilines is 1. The fourth-order valence-corrected chi connectivity index (χ4v) is 1.61. The molecule has 0 aliphatic carbocycles. The van der Waals surface area contributed by atoms with E-state index in [1.165, 1.54) is 0 Å². The maximum atomic E-state index is 5.64. The summed E-state index contributed by atoms with van der Waals surface area (Å²) in [4.78, 5) is 4.24. The summed E-state index contributed by atoms with van der Waals surface area (Å²) in [7, 11) is 1.64. The third kappa shape index (κ3) is 2.34. The van der Waals surface area contributed by atoms with Crippen molar-refractivity contribution >= 4 is 11.5 Å². The van der Waals surface area contributed by atoms with Crippen LogP contribution in [0.5, 0.6) is 0 Å². The predicted molar refractivity (Wildman–Crippen MR) is 63.9 cm³/mol. The molecule has 2 heterocycles. The largest absolute Gasteiger partial charge is 0.383 e. The Morgan fingerprint density at radius 1 is 1.53 bits per heavy atom. The van der Waals surface area contributed by atoms with E-state index in [-0.39, 0.29) is 6.04 Å². The lowest BCUT2D eigenvalue weighted by atomic mass is 10.3. The highest BCUT2D eigenvalue weighted by Gasteiger charge is 2.12. The standard InChI is InChI=1S/C10H16N6O/c1-7-14-15-10-9(12-3-4-16(7)10)13-8(5-11)6-17-2/h3-4,8H,5-6,11H2,1-2H3,(H,12,13). The van der Waals surface area contributed by atoms with Gasteiger partial charge in [-0.2, -0.15) is 0 Å². The van der Waals surface area contributed by atoms with E-state index in [2.05, 4.69) is 20.5 Å². The molecule has 0 saturated heterocycles. The Morgan fingerprint density at radius 2 is 2.35 bits per heavy atom. The molecule has 0 aliphatic heterocycles. The molecular formula is C10H16N6O. The van der Waals surface area contributed by atoms with Gasteiger partial charge in [-0.25, -0.2) is 4.98 Å². The van der Waals surface area contributed by atoms with Gasteiger partial charge in [-0.1, -0.05) is 0 Å². The lowest BCUT2D eigenvalue weighted by Crippen LogP contribution is -2.33. The van der Waals surface area contributed by atoms with Crippen LogP contribution in [-0.2, 0) is 4.74 Å². The number of aryl methyl sites for hydroxylation is 1. The number of nitrogens with one attached hydrogen (secondary N) is 1. The van der Waals surface area contributed by atoms with Crippen LogP contribution in [0.1, 0.15) is 5.82 Å². The van der Waals surface area contributed by atoms with Crippen molar-refractivity contribution in [3.05, 3.63) is 18.2 Å². The third-order valence-corrected chi connectivity index (χ3v) is 2.49. The number of aromatic nitrogens is 4. The first-order chi connectivity index (χ1) is 8.26. The molecular weight excluding hydrogens is 220 g/mol. The molecule has 0 radical (unpaired) electrons. The molecule has 17 heavy (non-hydrogen) atoms. The van der Waals surface area contributed by atoms with Gasteiger partial charge >= 0.3 is 0 Å². The minimum atomic E-state index is 0.00991. The molecule has 0 aromatic carbocycles. The van der Waals surface area contributed by atoms with E-state index in [1.54, 1.807) is 13.3 Å². The van der Waals surface area contributed by atoms with Crippen molar-refractivity contribution < 1.29 is 4.74 Å². The lowest BCUT2D eigenvalue weighted by Gasteiger charge is -2.16. The molecule has 3 N–H and O–H groups in total. The lowest BCUT2D eigenvalue weighted by molar-refractivity contribution is 0.187. The molecule has 1 unspecified atom stereocenters. The smallest absolute Gasteiger partial charge is 0.203 e. The molecule has 92 valence electrons. The normalized spacial score (nSPS) is 12.9. The van der Waals surface area contributed by atoms with Gasteiger partial charge in [-0.3, -0.25) is 4.40 Å². The van der Waals surface area contributed by atoms with E-state index < -0.39 is 0 Å². The zero-order valence-electron chi connectivity index (χ0n) is 9.92. The Kier molecular flexibility index (Phi) is 3.50. The molecule has 7 nitrogen and oxygen atoms in total. The Balaban J connectivity index is 2.29. The molecule has 0 fully saturated rings. The molecule has 0 bridgehead atoms. The highest BCUT2D eigenvalue weighted by Crippen LogP contribution is 2.12. The van der Waals surface area contributed by atoms with E-state index >= 15 is 0 Å². The van der Waals surface area contributed by atoms with E-state index in [1.807, 2.05) is 17.5 Å². The van der Waals surface area contributed by atoms with Crippen LogP contribution in [0.3, 0.4) is 0 Å². The van der Waals surface area contributed by atoms with Crippen LogP contribution in [0.2, 0.25) is 0 Å². The minimum absolute atomic E-state index is 0.00991. The van der Waals surface area contributed by atoms with Gasteiger partial charge in [-0.15, -0.1) is 10.2 Å². The second-order valence-electron chi connectivity index (χ2n) is 3.75. The first kappa shape index (κ1) is 11.7. The van der Waals surface area contributed by atoms with Crippen molar-refractivity contribution in [2.45, 2.75) is 13.0 Å². The minimum Gasteiger partial charge on any atom is -0.383 e. The predicted octanol–water partition coefficient (Wildman–Crippen LogP) is -0.182. The summed E-state index contributed by atoms with van der Waals surface area (Å²) in [5.41, 5.74) is 6.34. The monoisotopic (exact) mass is 236 g/mol. The molecule has 0 aliphatic rings. The zero-order valence-corrected chi connectivity index (χ0v) is 9.92. The van der Waals surface area contributed by atoms with Crippen molar-refractivity contribution in [1.29, 1.82) is 0 Å². The summed E-state index contributed by atoms with van der Waals surface area (Å²) in [6.07, 6.45) is 3.52. The highest BCUT2D eigenvalue weighted by atomic mass is 16.5. The number of rotatable bonds is 5. The van der Waals surface area contributed by atoms with E-state index in [9.17, 15) is 0 Å². The first-order valence-electron chi connectivity index (χ1n) is 5.38. The van der Waals surface area contributed by atoms with Crippen LogP contribution in [0.25, 0.3) is 5.65 Å². The van der Waals surface area contributed by atoms with Gasteiger partial charge in [0.25, 0.3) is 0 Å².